The van der Waals surface area contributed by atoms with Crippen LogP contribution in [0.3, 0.4) is 0 Å². The molecule has 0 bridgehead atoms. The van der Waals surface area contributed by atoms with Crippen LogP contribution >= 0.6 is 11.3 Å². The Morgan fingerprint density at radius 1 is 1.13 bits per heavy atom. The summed E-state index contributed by atoms with van der Waals surface area (Å²) in [6.45, 7) is 5.25. The molecule has 0 aliphatic heterocycles. The lowest BCUT2D eigenvalue weighted by molar-refractivity contribution is 0.677. The van der Waals surface area contributed by atoms with E-state index < -0.39 is 0 Å². The first-order valence-corrected chi connectivity index (χ1v) is 12.2. The molecule has 1 aromatic carbocycles. The van der Waals surface area contributed by atoms with Gasteiger partial charge in [-0.2, -0.15) is 5.10 Å². The van der Waals surface area contributed by atoms with Gasteiger partial charge in [-0.05, 0) is 56.2 Å². The smallest absolute Gasteiger partial charge is 0.191 e. The van der Waals surface area contributed by atoms with Crippen LogP contribution < -0.4 is 10.6 Å². The Morgan fingerprint density at radius 2 is 2.00 bits per heavy atom. The van der Waals surface area contributed by atoms with Crippen LogP contribution in [0.1, 0.15) is 52.9 Å². The number of hydrogen-bond acceptors (Lipinski definition) is 4. The van der Waals surface area contributed by atoms with E-state index in [-0.39, 0.29) is 0 Å². The highest BCUT2D eigenvalue weighted by atomic mass is 32.1. The highest BCUT2D eigenvalue weighted by Crippen LogP contribution is 2.27. The van der Waals surface area contributed by atoms with Gasteiger partial charge in [-0.3, -0.25) is 4.68 Å². The molecule has 0 amide bonds. The van der Waals surface area contributed by atoms with Crippen molar-refractivity contribution in [2.75, 3.05) is 13.1 Å². The van der Waals surface area contributed by atoms with Crippen LogP contribution in [-0.4, -0.2) is 33.8 Å². The Morgan fingerprint density at radius 3 is 2.81 bits per heavy atom. The lowest BCUT2D eigenvalue weighted by Gasteiger charge is -2.12. The maximum absolute atomic E-state index is 4.86. The first-order valence-electron chi connectivity index (χ1n) is 11.4. The van der Waals surface area contributed by atoms with E-state index in [1.807, 2.05) is 34.5 Å². The van der Waals surface area contributed by atoms with E-state index in [9.17, 15) is 0 Å². The third-order valence-electron chi connectivity index (χ3n) is 5.51. The highest BCUT2D eigenvalue weighted by molar-refractivity contribution is 7.11. The molecule has 0 unspecified atom stereocenters. The van der Waals surface area contributed by atoms with E-state index in [2.05, 4.69) is 46.9 Å². The molecule has 0 saturated carbocycles. The first kappa shape index (κ1) is 21.6. The van der Waals surface area contributed by atoms with E-state index in [1.165, 1.54) is 52.4 Å². The van der Waals surface area contributed by atoms with Gasteiger partial charge < -0.3 is 10.6 Å². The van der Waals surface area contributed by atoms with E-state index in [0.717, 1.165) is 38.4 Å². The molecule has 2 N–H and O–H groups in total. The van der Waals surface area contributed by atoms with Gasteiger partial charge >= 0.3 is 0 Å². The van der Waals surface area contributed by atoms with Crippen molar-refractivity contribution in [2.45, 2.75) is 58.5 Å². The van der Waals surface area contributed by atoms with Crippen LogP contribution in [0.25, 0.3) is 0 Å². The van der Waals surface area contributed by atoms with Crippen molar-refractivity contribution in [1.29, 1.82) is 0 Å². The number of aromatic nitrogens is 3. The molecular weight excluding hydrogens is 404 g/mol. The van der Waals surface area contributed by atoms with Crippen molar-refractivity contribution in [2.24, 2.45) is 4.99 Å². The van der Waals surface area contributed by atoms with Crippen molar-refractivity contribution in [3.8, 4) is 0 Å². The average Bonchev–Trinajstić information content (AvgIpc) is 3.45. The fraction of sp³-hybridized carbons (Fsp3) is 0.458. The third kappa shape index (κ3) is 6.17. The molecule has 3 aromatic rings. The van der Waals surface area contributed by atoms with E-state index in [0.29, 0.717) is 6.54 Å². The summed E-state index contributed by atoms with van der Waals surface area (Å²) in [5, 5.41) is 12.5. The summed E-state index contributed by atoms with van der Waals surface area (Å²) in [7, 11) is 0. The van der Waals surface area contributed by atoms with Crippen LogP contribution in [0.15, 0.2) is 47.7 Å². The fourth-order valence-electron chi connectivity index (χ4n) is 3.90. The first-order chi connectivity index (χ1) is 15.3. The molecule has 7 heteroatoms. The maximum atomic E-state index is 4.86. The van der Waals surface area contributed by atoms with Gasteiger partial charge in [0.2, 0.25) is 0 Å². The Balaban J connectivity index is 1.30. The summed E-state index contributed by atoms with van der Waals surface area (Å²) < 4.78 is 1.95. The molecule has 1 aliphatic rings. The molecule has 2 aromatic heterocycles. The number of fused-ring (bicyclic) bond motifs is 1. The van der Waals surface area contributed by atoms with Gasteiger partial charge in [0, 0.05) is 36.8 Å². The maximum Gasteiger partial charge on any atom is 0.191 e. The molecule has 0 radical (unpaired) electrons. The van der Waals surface area contributed by atoms with Gasteiger partial charge in [0.05, 0.1) is 23.8 Å². The van der Waals surface area contributed by atoms with Crippen molar-refractivity contribution in [1.82, 2.24) is 25.4 Å². The normalized spacial score (nSPS) is 13.8. The van der Waals surface area contributed by atoms with Gasteiger partial charge in [0.25, 0.3) is 0 Å². The zero-order valence-corrected chi connectivity index (χ0v) is 19.1. The predicted octanol–water partition coefficient (Wildman–Crippen LogP) is 3.95. The number of nitrogens with one attached hydrogen (secondary N) is 2. The Kier molecular flexibility index (Phi) is 7.71. The monoisotopic (exact) mass is 436 g/mol. The third-order valence-corrected chi connectivity index (χ3v) is 6.73. The lowest BCUT2D eigenvalue weighted by Crippen LogP contribution is -2.37. The number of thiazole rings is 1. The average molecular weight is 437 g/mol. The second-order valence-electron chi connectivity index (χ2n) is 7.88. The van der Waals surface area contributed by atoms with Crippen LogP contribution in [0.5, 0.6) is 0 Å². The van der Waals surface area contributed by atoms with Crippen molar-refractivity contribution in [3.05, 3.63) is 69.4 Å². The SMILES string of the molecule is CCNC(=NCc1ccccc1Cn1cccn1)NCCCc1nc2c(s1)CCCC2. The standard InChI is InChI=1S/C24H32N6S/c1-2-25-24(26-14-7-13-23-29-21-11-5-6-12-22(21)31-23)27-17-19-9-3-4-10-20(19)18-30-16-8-15-28-30/h3-4,8-10,15-16H,2,5-7,11-14,17-18H2,1H3,(H2,25,26,27). The minimum Gasteiger partial charge on any atom is -0.357 e. The molecule has 4 rings (SSSR count). The number of rotatable bonds is 9. The van der Waals surface area contributed by atoms with Crippen LogP contribution in [0.2, 0.25) is 0 Å². The molecule has 0 spiro atoms. The minimum atomic E-state index is 0.645. The van der Waals surface area contributed by atoms with Crippen LogP contribution in [0.4, 0.5) is 0 Å². The molecular formula is C24H32N6S. The van der Waals surface area contributed by atoms with Gasteiger partial charge in [-0.25, -0.2) is 9.98 Å². The summed E-state index contributed by atoms with van der Waals surface area (Å²) in [5.41, 5.74) is 3.84. The number of aryl methyl sites for hydroxylation is 3. The summed E-state index contributed by atoms with van der Waals surface area (Å²) in [4.78, 5) is 11.2. The Labute approximate surface area is 188 Å². The molecule has 31 heavy (non-hydrogen) atoms. The molecule has 1 aliphatic carbocycles. The summed E-state index contributed by atoms with van der Waals surface area (Å²) >= 11 is 1.92. The number of aliphatic imine (C=N–C) groups is 1. The van der Waals surface area contributed by atoms with Gasteiger partial charge in [-0.1, -0.05) is 24.3 Å². The molecule has 0 atom stereocenters. The lowest BCUT2D eigenvalue weighted by atomic mass is 10.0. The van der Waals surface area contributed by atoms with E-state index in [1.54, 1.807) is 0 Å². The van der Waals surface area contributed by atoms with Crippen LogP contribution in [0, 0.1) is 0 Å². The summed E-state index contributed by atoms with van der Waals surface area (Å²) in [6, 6.07) is 10.4. The van der Waals surface area contributed by atoms with Gasteiger partial charge in [-0.15, -0.1) is 11.3 Å². The van der Waals surface area contributed by atoms with Crippen molar-refractivity contribution >= 4 is 17.3 Å². The van der Waals surface area contributed by atoms with Crippen molar-refractivity contribution < 1.29 is 0 Å². The number of benzene rings is 1. The largest absolute Gasteiger partial charge is 0.357 e. The quantitative estimate of drug-likeness (QED) is 0.303. The van der Waals surface area contributed by atoms with Gasteiger partial charge in [0.15, 0.2) is 5.96 Å². The van der Waals surface area contributed by atoms with Crippen molar-refractivity contribution in [3.63, 3.8) is 0 Å². The molecule has 0 saturated heterocycles. The van der Waals surface area contributed by atoms with E-state index >= 15 is 0 Å². The molecule has 164 valence electrons. The van der Waals surface area contributed by atoms with Gasteiger partial charge in [0.1, 0.15) is 0 Å². The molecule has 0 fully saturated rings. The number of guanidine groups is 1. The number of nitrogens with zero attached hydrogens (tertiary/aromatic N) is 4. The molecule has 2 heterocycles. The summed E-state index contributed by atoms with van der Waals surface area (Å²) in [6.07, 6.45) is 10.9. The fourth-order valence-corrected chi connectivity index (χ4v) is 5.10. The molecule has 6 nitrogen and oxygen atoms in total. The zero-order chi connectivity index (χ0) is 21.3. The second-order valence-corrected chi connectivity index (χ2v) is 9.05. The minimum absolute atomic E-state index is 0.645. The Hall–Kier alpha value is -2.67. The zero-order valence-electron chi connectivity index (χ0n) is 18.3. The Bertz CT molecular complexity index is 952. The van der Waals surface area contributed by atoms with E-state index in [4.69, 9.17) is 9.98 Å². The second kappa shape index (κ2) is 11.1. The number of hydrogen-bond donors (Lipinski definition) is 2. The summed E-state index contributed by atoms with van der Waals surface area (Å²) in [5.74, 6) is 0.870. The predicted molar refractivity (Wildman–Crippen MR) is 128 cm³/mol. The van der Waals surface area contributed by atoms with Crippen LogP contribution in [-0.2, 0) is 32.4 Å². The highest BCUT2D eigenvalue weighted by Gasteiger charge is 2.14. The topological polar surface area (TPSA) is 67.1 Å².